The van der Waals surface area contributed by atoms with Gasteiger partial charge in [-0.15, -0.1) is 0 Å². The second kappa shape index (κ2) is 10.4. The van der Waals surface area contributed by atoms with Gasteiger partial charge >= 0.3 is 22.2 Å². The monoisotopic (exact) mass is 464 g/mol. The molecule has 0 aliphatic heterocycles. The Morgan fingerprint density at radius 2 is 1.81 bits per heavy atom. The van der Waals surface area contributed by atoms with E-state index >= 15 is 0 Å². The molecule has 0 radical (unpaired) electrons. The molecule has 0 spiro atoms. The number of benzene rings is 1. The third kappa shape index (κ3) is 6.19. The first-order valence-corrected chi connectivity index (χ1v) is 11.1. The number of carbonyl (C=O) groups is 2. The first-order chi connectivity index (χ1) is 14.5. The van der Waals surface area contributed by atoms with Gasteiger partial charge in [-0.2, -0.15) is 12.7 Å². The van der Waals surface area contributed by atoms with Gasteiger partial charge in [0.25, 0.3) is 0 Å². The molecule has 31 heavy (non-hydrogen) atoms. The predicted octanol–water partition coefficient (Wildman–Crippen LogP) is 1.75. The smallest absolute Gasteiger partial charge is 0.337 e. The summed E-state index contributed by atoms with van der Waals surface area (Å²) in [5, 5.41) is 2.70. The van der Waals surface area contributed by atoms with Gasteiger partial charge in [-0.1, -0.05) is 12.8 Å². The Morgan fingerprint density at radius 3 is 2.29 bits per heavy atom. The van der Waals surface area contributed by atoms with Gasteiger partial charge in [-0.25, -0.2) is 8.78 Å². The quantitative estimate of drug-likeness (QED) is 0.397. The van der Waals surface area contributed by atoms with Crippen molar-refractivity contribution in [3.05, 3.63) is 35.4 Å². The summed E-state index contributed by atoms with van der Waals surface area (Å²) in [4.78, 5) is 24.3. The van der Waals surface area contributed by atoms with E-state index in [9.17, 15) is 31.3 Å². The van der Waals surface area contributed by atoms with Crippen molar-refractivity contribution >= 4 is 22.2 Å². The SMILES string of the molecule is CCOC(=O)CNC(CN(C1(C(=O)OC)CCCC1)S(=O)(=O)O)c1cc(F)cc(F)c1. The molecule has 1 aromatic carbocycles. The Morgan fingerprint density at radius 1 is 1.23 bits per heavy atom. The van der Waals surface area contributed by atoms with Gasteiger partial charge in [-0.3, -0.25) is 19.5 Å². The van der Waals surface area contributed by atoms with Crippen molar-refractivity contribution in [2.75, 3.05) is 26.8 Å². The zero-order valence-electron chi connectivity index (χ0n) is 17.3. The summed E-state index contributed by atoms with van der Waals surface area (Å²) >= 11 is 0. The molecule has 9 nitrogen and oxygen atoms in total. The van der Waals surface area contributed by atoms with E-state index < -0.39 is 58.5 Å². The molecule has 1 unspecified atom stereocenters. The fourth-order valence-corrected chi connectivity index (χ4v) is 4.88. The summed E-state index contributed by atoms with van der Waals surface area (Å²) in [6.07, 6.45) is 1.22. The van der Waals surface area contributed by atoms with Gasteiger partial charge in [-0.05, 0) is 37.5 Å². The molecule has 0 amide bonds. The minimum absolute atomic E-state index is 0.0199. The summed E-state index contributed by atoms with van der Waals surface area (Å²) < 4.78 is 72.4. The van der Waals surface area contributed by atoms with Crippen molar-refractivity contribution in [3.63, 3.8) is 0 Å². The van der Waals surface area contributed by atoms with Crippen molar-refractivity contribution in [1.29, 1.82) is 0 Å². The van der Waals surface area contributed by atoms with Crippen molar-refractivity contribution in [2.24, 2.45) is 0 Å². The molecular weight excluding hydrogens is 438 g/mol. The zero-order valence-corrected chi connectivity index (χ0v) is 18.1. The van der Waals surface area contributed by atoms with Crippen LogP contribution in [0.1, 0.15) is 44.2 Å². The van der Waals surface area contributed by atoms with Crippen molar-refractivity contribution in [3.8, 4) is 0 Å². The Balaban J connectivity index is 2.46. The molecule has 0 bridgehead atoms. The Labute approximate surface area is 179 Å². The van der Waals surface area contributed by atoms with Gasteiger partial charge < -0.3 is 9.47 Å². The summed E-state index contributed by atoms with van der Waals surface area (Å²) in [7, 11) is -3.84. The average molecular weight is 464 g/mol. The minimum atomic E-state index is -4.95. The molecule has 1 fully saturated rings. The lowest BCUT2D eigenvalue weighted by Crippen LogP contribution is -2.57. The van der Waals surface area contributed by atoms with Gasteiger partial charge in [0, 0.05) is 18.7 Å². The molecule has 1 aliphatic rings. The lowest BCUT2D eigenvalue weighted by molar-refractivity contribution is -0.152. The zero-order chi connectivity index (χ0) is 23.2. The van der Waals surface area contributed by atoms with Crippen molar-refractivity contribution < 1.29 is 40.8 Å². The Hall–Kier alpha value is -2.15. The van der Waals surface area contributed by atoms with Crippen LogP contribution in [-0.2, 0) is 29.4 Å². The first-order valence-electron chi connectivity index (χ1n) is 9.72. The van der Waals surface area contributed by atoms with Crippen LogP contribution in [-0.4, -0.2) is 61.6 Å². The standard InChI is InChI=1S/C19H26F2N2O7S/c1-3-30-17(24)11-22-16(13-8-14(20)10-15(21)9-13)12-23(31(26,27)28)19(18(25)29-2)6-4-5-7-19/h8-10,16,22H,3-7,11-12H2,1-2H3,(H,26,27,28). The highest BCUT2D eigenvalue weighted by atomic mass is 32.2. The third-order valence-corrected chi connectivity index (χ3v) is 6.24. The highest BCUT2D eigenvalue weighted by molar-refractivity contribution is 7.83. The lowest BCUT2D eigenvalue weighted by atomic mass is 9.96. The number of methoxy groups -OCH3 is 1. The first kappa shape index (κ1) is 25.1. The second-order valence-electron chi connectivity index (χ2n) is 7.18. The van der Waals surface area contributed by atoms with Gasteiger partial charge in [0.2, 0.25) is 0 Å². The Kier molecular flexibility index (Phi) is 8.46. The fraction of sp³-hybridized carbons (Fsp3) is 0.579. The van der Waals surface area contributed by atoms with Gasteiger partial charge in [0.1, 0.15) is 17.2 Å². The van der Waals surface area contributed by atoms with E-state index in [0.717, 1.165) is 19.2 Å². The molecular formula is C19H26F2N2O7S. The van der Waals surface area contributed by atoms with Crippen molar-refractivity contribution in [2.45, 2.75) is 44.2 Å². The van der Waals surface area contributed by atoms with E-state index in [1.54, 1.807) is 6.92 Å². The number of hydrogen-bond donors (Lipinski definition) is 2. The van der Waals surface area contributed by atoms with Crippen LogP contribution in [0.4, 0.5) is 8.78 Å². The fourth-order valence-electron chi connectivity index (χ4n) is 3.84. The van der Waals surface area contributed by atoms with Crippen LogP contribution >= 0.6 is 0 Å². The van der Waals surface area contributed by atoms with E-state index in [1.165, 1.54) is 0 Å². The molecule has 174 valence electrons. The summed E-state index contributed by atoms with van der Waals surface area (Å²) in [6.45, 7) is 0.706. The lowest BCUT2D eigenvalue weighted by Gasteiger charge is -2.38. The van der Waals surface area contributed by atoms with E-state index in [4.69, 9.17) is 9.47 Å². The molecule has 0 heterocycles. The van der Waals surface area contributed by atoms with Crippen LogP contribution < -0.4 is 5.32 Å². The van der Waals surface area contributed by atoms with Crippen LogP contribution in [0.2, 0.25) is 0 Å². The Bertz CT molecular complexity index is 884. The largest absolute Gasteiger partial charge is 0.468 e. The molecule has 2 rings (SSSR count). The number of hydrogen-bond acceptors (Lipinski definition) is 7. The maximum Gasteiger partial charge on any atom is 0.337 e. The molecule has 1 atom stereocenters. The highest BCUT2D eigenvalue weighted by Crippen LogP contribution is 2.39. The van der Waals surface area contributed by atoms with E-state index in [0.29, 0.717) is 23.2 Å². The van der Waals surface area contributed by atoms with Crippen LogP contribution in [0.15, 0.2) is 18.2 Å². The molecule has 1 aliphatic carbocycles. The summed E-state index contributed by atoms with van der Waals surface area (Å²) in [5.74, 6) is -3.36. The van der Waals surface area contributed by atoms with Crippen LogP contribution in [0.25, 0.3) is 0 Å². The number of esters is 2. The minimum Gasteiger partial charge on any atom is -0.468 e. The van der Waals surface area contributed by atoms with Gasteiger partial charge in [0.05, 0.1) is 20.3 Å². The number of nitrogens with one attached hydrogen (secondary N) is 1. The van der Waals surface area contributed by atoms with Crippen LogP contribution in [0.5, 0.6) is 0 Å². The molecule has 0 saturated heterocycles. The molecule has 12 heteroatoms. The number of nitrogens with zero attached hydrogens (tertiary/aromatic N) is 1. The number of ether oxygens (including phenoxy) is 2. The second-order valence-corrected chi connectivity index (χ2v) is 8.52. The predicted molar refractivity (Wildman–Crippen MR) is 105 cm³/mol. The number of halogens is 2. The summed E-state index contributed by atoms with van der Waals surface area (Å²) in [6, 6.07) is 1.42. The van der Waals surface area contributed by atoms with Gasteiger partial charge in [0.15, 0.2) is 0 Å². The number of rotatable bonds is 10. The normalized spacial score (nSPS) is 16.8. The topological polar surface area (TPSA) is 122 Å². The average Bonchev–Trinajstić information content (AvgIpc) is 3.16. The molecule has 2 N–H and O–H groups in total. The van der Waals surface area contributed by atoms with Crippen LogP contribution in [0, 0.1) is 11.6 Å². The van der Waals surface area contributed by atoms with E-state index in [2.05, 4.69) is 5.32 Å². The maximum absolute atomic E-state index is 13.8. The maximum atomic E-state index is 13.8. The number of carbonyl (C=O) groups excluding carboxylic acids is 2. The third-order valence-electron chi connectivity index (χ3n) is 5.19. The summed E-state index contributed by atoms with van der Waals surface area (Å²) in [5.41, 5.74) is -1.69. The van der Waals surface area contributed by atoms with E-state index in [-0.39, 0.29) is 25.0 Å². The molecule has 1 saturated carbocycles. The van der Waals surface area contributed by atoms with Crippen LogP contribution in [0.3, 0.4) is 0 Å². The van der Waals surface area contributed by atoms with E-state index in [1.807, 2.05) is 0 Å². The molecule has 1 aromatic rings. The highest BCUT2D eigenvalue weighted by Gasteiger charge is 2.52. The van der Waals surface area contributed by atoms with Crippen molar-refractivity contribution in [1.82, 2.24) is 9.62 Å². The molecule has 0 aromatic heterocycles.